The van der Waals surface area contributed by atoms with Crippen LogP contribution in [0.15, 0.2) is 42.5 Å². The molecular formula is C13H9F4N. The second-order valence-electron chi connectivity index (χ2n) is 3.82. The predicted octanol–water partition coefficient (Wildman–Crippen LogP) is 3.69. The first-order chi connectivity index (χ1) is 8.41. The normalized spacial score (nSPS) is 11.6. The lowest BCUT2D eigenvalue weighted by atomic mass is 9.99. The van der Waals surface area contributed by atoms with E-state index in [2.05, 4.69) is 0 Å². The van der Waals surface area contributed by atoms with E-state index in [0.29, 0.717) is 6.07 Å². The number of nitrogens with two attached hydrogens (primary N) is 1. The quantitative estimate of drug-likeness (QED) is 0.642. The van der Waals surface area contributed by atoms with Gasteiger partial charge >= 0.3 is 5.92 Å². The van der Waals surface area contributed by atoms with Gasteiger partial charge in [0.1, 0.15) is 11.6 Å². The van der Waals surface area contributed by atoms with Crippen LogP contribution in [0.25, 0.3) is 0 Å². The van der Waals surface area contributed by atoms with Crippen LogP contribution in [0.4, 0.5) is 23.2 Å². The van der Waals surface area contributed by atoms with Crippen molar-refractivity contribution in [2.24, 2.45) is 0 Å². The van der Waals surface area contributed by atoms with Crippen molar-refractivity contribution in [3.8, 4) is 0 Å². The van der Waals surface area contributed by atoms with Gasteiger partial charge in [-0.2, -0.15) is 8.78 Å². The van der Waals surface area contributed by atoms with Crippen LogP contribution >= 0.6 is 0 Å². The number of benzene rings is 2. The summed E-state index contributed by atoms with van der Waals surface area (Å²) in [5.41, 5.74) is 4.24. The summed E-state index contributed by atoms with van der Waals surface area (Å²) in [6.07, 6.45) is 0. The van der Waals surface area contributed by atoms with Crippen molar-refractivity contribution < 1.29 is 17.6 Å². The lowest BCUT2D eigenvalue weighted by Gasteiger charge is -2.18. The summed E-state index contributed by atoms with van der Waals surface area (Å²) in [5.74, 6) is -5.75. The highest BCUT2D eigenvalue weighted by molar-refractivity contribution is 5.45. The van der Waals surface area contributed by atoms with Crippen molar-refractivity contribution in [2.75, 3.05) is 5.73 Å². The molecule has 0 aliphatic carbocycles. The van der Waals surface area contributed by atoms with Gasteiger partial charge in [-0.05, 0) is 24.3 Å². The molecule has 0 heterocycles. The van der Waals surface area contributed by atoms with Gasteiger partial charge in [0.25, 0.3) is 0 Å². The van der Waals surface area contributed by atoms with E-state index in [1.807, 2.05) is 0 Å². The number of hydrogen-bond acceptors (Lipinski definition) is 1. The van der Waals surface area contributed by atoms with Crippen molar-refractivity contribution >= 4 is 5.69 Å². The standard InChI is InChI=1S/C13H9F4N/c14-9-4-5-11(12(15)7-9)13(16,17)8-2-1-3-10(18)6-8/h1-7H,18H2. The van der Waals surface area contributed by atoms with Crippen LogP contribution in [-0.2, 0) is 5.92 Å². The number of rotatable bonds is 2. The second kappa shape index (κ2) is 4.33. The Bertz CT molecular complexity index is 581. The maximum absolute atomic E-state index is 14.0. The summed E-state index contributed by atoms with van der Waals surface area (Å²) < 4.78 is 54.2. The zero-order valence-electron chi connectivity index (χ0n) is 9.13. The van der Waals surface area contributed by atoms with Gasteiger partial charge in [-0.15, -0.1) is 0 Å². The molecule has 5 heteroatoms. The molecule has 2 aromatic rings. The number of nitrogen functional groups attached to an aromatic ring is 1. The molecule has 0 radical (unpaired) electrons. The zero-order chi connectivity index (χ0) is 13.3. The molecule has 0 unspecified atom stereocenters. The van der Waals surface area contributed by atoms with Crippen molar-refractivity contribution in [3.63, 3.8) is 0 Å². The first-order valence-electron chi connectivity index (χ1n) is 5.10. The fourth-order valence-electron chi connectivity index (χ4n) is 1.63. The van der Waals surface area contributed by atoms with Crippen LogP contribution in [0.2, 0.25) is 0 Å². The number of alkyl halides is 2. The van der Waals surface area contributed by atoms with Crippen LogP contribution in [0.3, 0.4) is 0 Å². The molecule has 2 N–H and O–H groups in total. The molecule has 0 fully saturated rings. The molecule has 0 bridgehead atoms. The Labute approximate surface area is 101 Å². The molecule has 0 saturated heterocycles. The van der Waals surface area contributed by atoms with Crippen molar-refractivity contribution in [1.29, 1.82) is 0 Å². The third-order valence-corrected chi connectivity index (χ3v) is 2.52. The SMILES string of the molecule is Nc1cccc(C(F)(F)c2ccc(F)cc2F)c1. The van der Waals surface area contributed by atoms with Crippen molar-refractivity contribution in [3.05, 3.63) is 65.2 Å². The lowest BCUT2D eigenvalue weighted by Crippen LogP contribution is -2.17. The molecule has 94 valence electrons. The van der Waals surface area contributed by atoms with Gasteiger partial charge in [0, 0.05) is 17.3 Å². The molecule has 0 spiro atoms. The number of anilines is 1. The van der Waals surface area contributed by atoms with E-state index in [9.17, 15) is 17.6 Å². The molecule has 2 rings (SSSR count). The highest BCUT2D eigenvalue weighted by Gasteiger charge is 2.36. The highest BCUT2D eigenvalue weighted by atomic mass is 19.3. The minimum Gasteiger partial charge on any atom is -0.399 e. The fourth-order valence-corrected chi connectivity index (χ4v) is 1.63. The predicted molar refractivity (Wildman–Crippen MR) is 60.2 cm³/mol. The second-order valence-corrected chi connectivity index (χ2v) is 3.82. The van der Waals surface area contributed by atoms with Gasteiger partial charge in [-0.1, -0.05) is 12.1 Å². The third kappa shape index (κ3) is 2.16. The van der Waals surface area contributed by atoms with Crippen LogP contribution in [-0.4, -0.2) is 0 Å². The van der Waals surface area contributed by atoms with Gasteiger partial charge < -0.3 is 5.73 Å². The Morgan fingerprint density at radius 3 is 2.28 bits per heavy atom. The molecule has 18 heavy (non-hydrogen) atoms. The Balaban J connectivity index is 2.53. The molecule has 0 atom stereocenters. The zero-order valence-corrected chi connectivity index (χ0v) is 9.13. The monoisotopic (exact) mass is 255 g/mol. The molecule has 0 aliphatic rings. The first kappa shape index (κ1) is 12.4. The fraction of sp³-hybridized carbons (Fsp3) is 0.0769. The average Bonchev–Trinajstić information content (AvgIpc) is 2.28. The minimum absolute atomic E-state index is 0.148. The summed E-state index contributed by atoms with van der Waals surface area (Å²) in [5, 5.41) is 0. The number of hydrogen-bond donors (Lipinski definition) is 1. The molecule has 0 aliphatic heterocycles. The molecule has 0 amide bonds. The van der Waals surface area contributed by atoms with E-state index in [4.69, 9.17) is 5.73 Å². The van der Waals surface area contributed by atoms with Crippen LogP contribution in [0.5, 0.6) is 0 Å². The third-order valence-electron chi connectivity index (χ3n) is 2.52. The Hall–Kier alpha value is -2.04. The van der Waals surface area contributed by atoms with E-state index in [-0.39, 0.29) is 5.69 Å². The average molecular weight is 255 g/mol. The van der Waals surface area contributed by atoms with Gasteiger partial charge in [0.05, 0.1) is 5.56 Å². The topological polar surface area (TPSA) is 26.0 Å². The van der Waals surface area contributed by atoms with Crippen LogP contribution < -0.4 is 5.73 Å². The van der Waals surface area contributed by atoms with Gasteiger partial charge in [0.2, 0.25) is 0 Å². The molecule has 0 aromatic heterocycles. The van der Waals surface area contributed by atoms with Gasteiger partial charge in [-0.3, -0.25) is 0 Å². The van der Waals surface area contributed by atoms with Crippen LogP contribution in [0.1, 0.15) is 11.1 Å². The van der Waals surface area contributed by atoms with E-state index in [1.165, 1.54) is 12.1 Å². The summed E-state index contributed by atoms with van der Waals surface area (Å²) in [4.78, 5) is 0. The Morgan fingerprint density at radius 2 is 1.67 bits per heavy atom. The van der Waals surface area contributed by atoms with E-state index < -0.39 is 28.7 Å². The van der Waals surface area contributed by atoms with E-state index >= 15 is 0 Å². The largest absolute Gasteiger partial charge is 0.399 e. The molecule has 1 nitrogen and oxygen atoms in total. The maximum Gasteiger partial charge on any atom is 0.301 e. The summed E-state index contributed by atoms with van der Waals surface area (Å²) in [6, 6.07) is 6.94. The van der Waals surface area contributed by atoms with Gasteiger partial charge in [0.15, 0.2) is 0 Å². The first-order valence-corrected chi connectivity index (χ1v) is 5.10. The summed E-state index contributed by atoms with van der Waals surface area (Å²) in [7, 11) is 0. The van der Waals surface area contributed by atoms with Crippen LogP contribution in [0, 0.1) is 11.6 Å². The van der Waals surface area contributed by atoms with Crippen molar-refractivity contribution in [1.82, 2.24) is 0 Å². The number of halogens is 4. The highest BCUT2D eigenvalue weighted by Crippen LogP contribution is 2.37. The molecular weight excluding hydrogens is 246 g/mol. The maximum atomic E-state index is 14.0. The molecule has 2 aromatic carbocycles. The lowest BCUT2D eigenvalue weighted by molar-refractivity contribution is 0.0388. The summed E-state index contributed by atoms with van der Waals surface area (Å²) in [6.45, 7) is 0. The van der Waals surface area contributed by atoms with Gasteiger partial charge in [-0.25, -0.2) is 8.78 Å². The molecule has 0 saturated carbocycles. The Kier molecular flexibility index (Phi) is 2.98. The van der Waals surface area contributed by atoms with E-state index in [1.54, 1.807) is 0 Å². The van der Waals surface area contributed by atoms with Crippen molar-refractivity contribution in [2.45, 2.75) is 5.92 Å². The Morgan fingerprint density at radius 1 is 0.944 bits per heavy atom. The smallest absolute Gasteiger partial charge is 0.301 e. The van der Waals surface area contributed by atoms with E-state index in [0.717, 1.165) is 24.3 Å². The summed E-state index contributed by atoms with van der Waals surface area (Å²) >= 11 is 0. The minimum atomic E-state index is -3.56.